The highest BCUT2D eigenvalue weighted by Crippen LogP contribution is 2.11. The molecule has 0 atom stereocenters. The Labute approximate surface area is 105 Å². The Balaban J connectivity index is 0.00000256. The highest BCUT2D eigenvalue weighted by Gasteiger charge is 2.08. The number of nitrogens with two attached hydrogens (primary N) is 1. The van der Waals surface area contributed by atoms with Crippen LogP contribution in [0.3, 0.4) is 0 Å². The summed E-state index contributed by atoms with van der Waals surface area (Å²) in [6.45, 7) is 1.02. The summed E-state index contributed by atoms with van der Waals surface area (Å²) < 4.78 is 0. The third-order valence-corrected chi connectivity index (χ3v) is 2.01. The molecule has 0 spiro atoms. The van der Waals surface area contributed by atoms with Gasteiger partial charge in [-0.05, 0) is 25.1 Å². The van der Waals surface area contributed by atoms with Crippen molar-refractivity contribution >= 4 is 24.0 Å². The van der Waals surface area contributed by atoms with Crippen LogP contribution in [0.5, 0.6) is 0 Å². The zero-order valence-electron chi connectivity index (χ0n) is 9.09. The van der Waals surface area contributed by atoms with Gasteiger partial charge in [0.15, 0.2) is 0 Å². The number of nitrogens with zero attached hydrogens (tertiary/aromatic N) is 1. The summed E-state index contributed by atoms with van der Waals surface area (Å²) in [5.41, 5.74) is 5.66. The minimum atomic E-state index is -0.504. The lowest BCUT2D eigenvalue weighted by Gasteiger charge is -2.03. The van der Waals surface area contributed by atoms with Crippen molar-refractivity contribution in [3.63, 3.8) is 0 Å². The molecule has 0 saturated heterocycles. The van der Waals surface area contributed by atoms with Gasteiger partial charge < -0.3 is 11.1 Å². The lowest BCUT2D eigenvalue weighted by atomic mass is 10.2. The van der Waals surface area contributed by atoms with Gasteiger partial charge in [0.2, 0.25) is 0 Å². The van der Waals surface area contributed by atoms with E-state index in [1.165, 1.54) is 24.3 Å². The second kappa shape index (κ2) is 7.59. The van der Waals surface area contributed by atoms with Crippen molar-refractivity contribution in [3.8, 4) is 0 Å². The molecule has 0 aliphatic carbocycles. The quantitative estimate of drug-likeness (QED) is 0.470. The van der Waals surface area contributed by atoms with E-state index in [-0.39, 0.29) is 24.0 Å². The summed E-state index contributed by atoms with van der Waals surface area (Å²) in [6.07, 6.45) is 0.707. The molecule has 94 valence electrons. The first-order valence-corrected chi connectivity index (χ1v) is 4.88. The van der Waals surface area contributed by atoms with Crippen molar-refractivity contribution < 1.29 is 9.72 Å². The molecule has 0 aliphatic rings. The first kappa shape index (κ1) is 15.3. The maximum atomic E-state index is 11.5. The van der Waals surface area contributed by atoms with Crippen LogP contribution in [0.1, 0.15) is 16.8 Å². The predicted octanol–water partition coefficient (Wildman–Crippen LogP) is 1.10. The van der Waals surface area contributed by atoms with Crippen molar-refractivity contribution in [2.24, 2.45) is 5.73 Å². The van der Waals surface area contributed by atoms with E-state index in [2.05, 4.69) is 5.32 Å². The summed E-state index contributed by atoms with van der Waals surface area (Å²) in [5, 5.41) is 13.0. The highest BCUT2D eigenvalue weighted by atomic mass is 35.5. The average Bonchev–Trinajstić information content (AvgIpc) is 2.29. The van der Waals surface area contributed by atoms with E-state index in [1.807, 2.05) is 0 Å². The van der Waals surface area contributed by atoms with Gasteiger partial charge in [0.25, 0.3) is 11.6 Å². The molecule has 0 heterocycles. The second-order valence-electron chi connectivity index (χ2n) is 3.20. The molecule has 0 radical (unpaired) electrons. The Kier molecular flexibility index (Phi) is 6.85. The van der Waals surface area contributed by atoms with Crippen LogP contribution in [0.4, 0.5) is 5.69 Å². The van der Waals surface area contributed by atoms with E-state index in [0.29, 0.717) is 25.1 Å². The molecule has 1 rings (SSSR count). The number of amides is 1. The molecule has 1 aromatic carbocycles. The zero-order chi connectivity index (χ0) is 12.0. The monoisotopic (exact) mass is 259 g/mol. The van der Waals surface area contributed by atoms with Crippen LogP contribution in [0.15, 0.2) is 24.3 Å². The van der Waals surface area contributed by atoms with E-state index in [4.69, 9.17) is 5.73 Å². The van der Waals surface area contributed by atoms with Crippen molar-refractivity contribution in [2.75, 3.05) is 13.1 Å². The van der Waals surface area contributed by atoms with Crippen LogP contribution in [0.25, 0.3) is 0 Å². The molecule has 0 bridgehead atoms. The number of halogens is 1. The van der Waals surface area contributed by atoms with Gasteiger partial charge in [-0.2, -0.15) is 0 Å². The van der Waals surface area contributed by atoms with Gasteiger partial charge in [-0.1, -0.05) is 0 Å². The number of nitro benzene ring substituents is 1. The van der Waals surface area contributed by atoms with Gasteiger partial charge in [-0.3, -0.25) is 14.9 Å². The number of carbonyl (C=O) groups excluding carboxylic acids is 1. The summed E-state index contributed by atoms with van der Waals surface area (Å²) in [5.74, 6) is -0.247. The number of hydrogen-bond donors (Lipinski definition) is 2. The number of rotatable bonds is 5. The Hall–Kier alpha value is -1.66. The third kappa shape index (κ3) is 4.80. The summed E-state index contributed by atoms with van der Waals surface area (Å²) in [7, 11) is 0. The van der Waals surface area contributed by atoms with Crippen LogP contribution in [0, 0.1) is 10.1 Å². The molecule has 1 amide bonds. The Bertz CT molecular complexity index is 381. The third-order valence-electron chi connectivity index (χ3n) is 2.01. The van der Waals surface area contributed by atoms with Gasteiger partial charge in [-0.25, -0.2) is 0 Å². The summed E-state index contributed by atoms with van der Waals surface area (Å²) in [6, 6.07) is 5.46. The normalized spacial score (nSPS) is 9.24. The van der Waals surface area contributed by atoms with Gasteiger partial charge in [0.1, 0.15) is 0 Å². The molecule has 3 N–H and O–H groups in total. The van der Waals surface area contributed by atoms with Crippen LogP contribution < -0.4 is 11.1 Å². The molecule has 7 heteroatoms. The fraction of sp³-hybridized carbons (Fsp3) is 0.300. The van der Waals surface area contributed by atoms with E-state index in [1.54, 1.807) is 0 Å². The molecule has 0 unspecified atom stereocenters. The van der Waals surface area contributed by atoms with Gasteiger partial charge >= 0.3 is 0 Å². The zero-order valence-corrected chi connectivity index (χ0v) is 9.90. The van der Waals surface area contributed by atoms with Gasteiger partial charge in [0.05, 0.1) is 4.92 Å². The number of carbonyl (C=O) groups is 1. The minimum Gasteiger partial charge on any atom is -0.352 e. The smallest absolute Gasteiger partial charge is 0.269 e. The molecule has 0 aliphatic heterocycles. The SMILES string of the molecule is Cl.NCCCNC(=O)c1ccc([N+](=O)[O-])cc1. The Morgan fingerprint density at radius 1 is 1.35 bits per heavy atom. The molecule has 6 nitrogen and oxygen atoms in total. The van der Waals surface area contributed by atoms with Crippen molar-refractivity contribution in [2.45, 2.75) is 6.42 Å². The lowest BCUT2D eigenvalue weighted by Crippen LogP contribution is -2.25. The lowest BCUT2D eigenvalue weighted by molar-refractivity contribution is -0.384. The fourth-order valence-corrected chi connectivity index (χ4v) is 1.14. The number of non-ortho nitro benzene ring substituents is 1. The largest absolute Gasteiger partial charge is 0.352 e. The van der Waals surface area contributed by atoms with Crippen LogP contribution in [-0.4, -0.2) is 23.9 Å². The summed E-state index contributed by atoms with van der Waals surface area (Å²) >= 11 is 0. The van der Waals surface area contributed by atoms with E-state index >= 15 is 0 Å². The standard InChI is InChI=1S/C10H13N3O3.ClH/c11-6-1-7-12-10(14)8-2-4-9(5-3-8)13(15)16;/h2-5H,1,6-7,11H2,(H,12,14);1H. The number of nitro groups is 1. The molecular weight excluding hydrogens is 246 g/mol. The topological polar surface area (TPSA) is 98.3 Å². The molecular formula is C10H14ClN3O3. The first-order valence-electron chi connectivity index (χ1n) is 4.88. The molecule has 0 saturated carbocycles. The number of nitrogens with one attached hydrogen (secondary N) is 1. The molecule has 0 aromatic heterocycles. The molecule has 1 aromatic rings. The van der Waals surface area contributed by atoms with Crippen LogP contribution >= 0.6 is 12.4 Å². The van der Waals surface area contributed by atoms with Gasteiger partial charge in [0, 0.05) is 24.2 Å². The van der Waals surface area contributed by atoms with Crippen LogP contribution in [0.2, 0.25) is 0 Å². The second-order valence-corrected chi connectivity index (χ2v) is 3.20. The highest BCUT2D eigenvalue weighted by molar-refractivity contribution is 5.94. The maximum Gasteiger partial charge on any atom is 0.269 e. The number of hydrogen-bond acceptors (Lipinski definition) is 4. The van der Waals surface area contributed by atoms with E-state index < -0.39 is 4.92 Å². The average molecular weight is 260 g/mol. The predicted molar refractivity (Wildman–Crippen MR) is 66.3 cm³/mol. The Morgan fingerprint density at radius 2 is 1.94 bits per heavy atom. The van der Waals surface area contributed by atoms with E-state index in [9.17, 15) is 14.9 Å². The maximum absolute atomic E-state index is 11.5. The fourth-order valence-electron chi connectivity index (χ4n) is 1.14. The molecule has 0 fully saturated rings. The first-order chi connectivity index (χ1) is 7.65. The summed E-state index contributed by atoms with van der Waals surface area (Å²) in [4.78, 5) is 21.4. The van der Waals surface area contributed by atoms with Crippen molar-refractivity contribution in [1.29, 1.82) is 0 Å². The van der Waals surface area contributed by atoms with Crippen molar-refractivity contribution in [1.82, 2.24) is 5.32 Å². The van der Waals surface area contributed by atoms with Crippen LogP contribution in [-0.2, 0) is 0 Å². The van der Waals surface area contributed by atoms with Gasteiger partial charge in [-0.15, -0.1) is 12.4 Å². The minimum absolute atomic E-state index is 0. The van der Waals surface area contributed by atoms with Crippen molar-refractivity contribution in [3.05, 3.63) is 39.9 Å². The Morgan fingerprint density at radius 3 is 2.41 bits per heavy atom. The molecule has 17 heavy (non-hydrogen) atoms. The van der Waals surface area contributed by atoms with E-state index in [0.717, 1.165) is 0 Å². The number of benzene rings is 1.